The summed E-state index contributed by atoms with van der Waals surface area (Å²) < 4.78 is 0. The monoisotopic (exact) mass is 240 g/mol. The largest absolute Gasteiger partial charge is 0.311 e. The molecule has 0 aromatic carbocycles. The van der Waals surface area contributed by atoms with E-state index in [2.05, 4.69) is 56.4 Å². The smallest absolute Gasteiger partial charge is 0.0328 e. The maximum absolute atomic E-state index is 3.51. The normalized spacial score (nSPS) is 12.4. The van der Waals surface area contributed by atoms with E-state index in [1.54, 1.807) is 0 Å². The molecule has 0 atom stereocenters. The average Bonchev–Trinajstić information content (AvgIpc) is 2.49. The summed E-state index contributed by atoms with van der Waals surface area (Å²) in [6.07, 6.45) is 0. The van der Waals surface area contributed by atoms with Crippen LogP contribution in [0.25, 0.3) is 0 Å². The van der Waals surface area contributed by atoms with E-state index in [1.165, 1.54) is 10.4 Å². The number of hydrogen-bond acceptors (Lipinski definition) is 3. The molecule has 0 amide bonds. The van der Waals surface area contributed by atoms with Crippen molar-refractivity contribution in [2.75, 3.05) is 20.1 Å². The van der Waals surface area contributed by atoms with Crippen molar-refractivity contribution in [3.63, 3.8) is 0 Å². The lowest BCUT2D eigenvalue weighted by Gasteiger charge is -2.23. The molecule has 92 valence electrons. The third-order valence-corrected chi connectivity index (χ3v) is 3.54. The van der Waals surface area contributed by atoms with Gasteiger partial charge in [0.2, 0.25) is 0 Å². The van der Waals surface area contributed by atoms with Gasteiger partial charge in [-0.1, -0.05) is 0 Å². The van der Waals surface area contributed by atoms with Gasteiger partial charge in [-0.05, 0) is 51.8 Å². The van der Waals surface area contributed by atoms with Crippen LogP contribution in [0, 0.1) is 6.92 Å². The Kier molecular flexibility index (Phi) is 4.96. The van der Waals surface area contributed by atoms with Gasteiger partial charge in [0, 0.05) is 30.1 Å². The Labute approximate surface area is 104 Å². The molecular weight excluding hydrogens is 216 g/mol. The van der Waals surface area contributed by atoms with Crippen molar-refractivity contribution in [3.05, 3.63) is 21.9 Å². The van der Waals surface area contributed by atoms with Crippen molar-refractivity contribution in [2.24, 2.45) is 0 Å². The molecule has 3 heteroatoms. The van der Waals surface area contributed by atoms with Crippen LogP contribution in [0.1, 0.15) is 31.2 Å². The second kappa shape index (κ2) is 5.80. The number of rotatable bonds is 5. The van der Waals surface area contributed by atoms with Crippen LogP contribution in [0.4, 0.5) is 0 Å². The molecule has 0 radical (unpaired) electrons. The summed E-state index contributed by atoms with van der Waals surface area (Å²) in [5.74, 6) is 0. The summed E-state index contributed by atoms with van der Waals surface area (Å²) in [4.78, 5) is 3.86. The zero-order valence-electron chi connectivity index (χ0n) is 11.1. The number of likely N-dealkylation sites (N-methyl/N-ethyl adjacent to an activating group) is 1. The number of nitrogens with one attached hydrogen (secondary N) is 1. The summed E-state index contributed by atoms with van der Waals surface area (Å²) >= 11 is 1.85. The van der Waals surface area contributed by atoms with Crippen molar-refractivity contribution < 1.29 is 0 Å². The second-order valence-electron chi connectivity index (χ2n) is 5.44. The third kappa shape index (κ3) is 5.10. The van der Waals surface area contributed by atoms with E-state index in [1.807, 2.05) is 11.3 Å². The molecule has 1 aromatic heterocycles. The van der Waals surface area contributed by atoms with Crippen LogP contribution in [0.15, 0.2) is 11.4 Å². The highest BCUT2D eigenvalue weighted by atomic mass is 32.1. The van der Waals surface area contributed by atoms with E-state index in [4.69, 9.17) is 0 Å². The maximum Gasteiger partial charge on any atom is 0.0328 e. The lowest BCUT2D eigenvalue weighted by atomic mass is 10.1. The number of nitrogens with zero attached hydrogens (tertiary/aromatic N) is 1. The number of thiophene rings is 1. The minimum absolute atomic E-state index is 0.222. The minimum Gasteiger partial charge on any atom is -0.311 e. The lowest BCUT2D eigenvalue weighted by molar-refractivity contribution is 0.305. The van der Waals surface area contributed by atoms with E-state index in [9.17, 15) is 0 Å². The van der Waals surface area contributed by atoms with Crippen molar-refractivity contribution >= 4 is 11.3 Å². The quantitative estimate of drug-likeness (QED) is 0.851. The van der Waals surface area contributed by atoms with Crippen molar-refractivity contribution in [1.29, 1.82) is 0 Å². The fourth-order valence-corrected chi connectivity index (χ4v) is 2.50. The van der Waals surface area contributed by atoms with Crippen LogP contribution in [-0.2, 0) is 6.54 Å². The molecule has 0 aliphatic carbocycles. The predicted molar refractivity (Wildman–Crippen MR) is 73.1 cm³/mol. The Bertz CT molecular complexity index is 312. The van der Waals surface area contributed by atoms with E-state index in [-0.39, 0.29) is 5.54 Å². The zero-order valence-corrected chi connectivity index (χ0v) is 11.9. The first kappa shape index (κ1) is 13.7. The third-order valence-electron chi connectivity index (χ3n) is 2.53. The standard InChI is InChI=1S/C13H24N2S/c1-11-6-9-16-12(11)10-15(5)8-7-14-13(2,3)4/h6,9,14H,7-8,10H2,1-5H3. The van der Waals surface area contributed by atoms with Gasteiger partial charge in [0.1, 0.15) is 0 Å². The molecule has 1 aromatic rings. The molecule has 1 N–H and O–H groups in total. The SMILES string of the molecule is Cc1ccsc1CN(C)CCNC(C)(C)C. The van der Waals surface area contributed by atoms with Crippen LogP contribution in [0.5, 0.6) is 0 Å². The van der Waals surface area contributed by atoms with Gasteiger partial charge in [-0.2, -0.15) is 0 Å². The minimum atomic E-state index is 0.222. The van der Waals surface area contributed by atoms with Crippen LogP contribution < -0.4 is 5.32 Å². The summed E-state index contributed by atoms with van der Waals surface area (Å²) in [6, 6.07) is 2.20. The summed E-state index contributed by atoms with van der Waals surface area (Å²) in [7, 11) is 2.18. The lowest BCUT2D eigenvalue weighted by Crippen LogP contribution is -2.40. The molecule has 0 unspecified atom stereocenters. The van der Waals surface area contributed by atoms with E-state index < -0.39 is 0 Å². The van der Waals surface area contributed by atoms with Gasteiger partial charge in [-0.15, -0.1) is 11.3 Å². The van der Waals surface area contributed by atoms with E-state index in [0.717, 1.165) is 19.6 Å². The Balaban J connectivity index is 2.26. The Hall–Kier alpha value is -0.380. The number of aryl methyl sites for hydroxylation is 1. The molecule has 0 spiro atoms. The first-order chi connectivity index (χ1) is 7.38. The van der Waals surface area contributed by atoms with Crippen LogP contribution in [0.3, 0.4) is 0 Å². The molecule has 2 nitrogen and oxygen atoms in total. The van der Waals surface area contributed by atoms with Crippen molar-refractivity contribution in [1.82, 2.24) is 10.2 Å². The Morgan fingerprint density at radius 3 is 2.56 bits per heavy atom. The fourth-order valence-electron chi connectivity index (χ4n) is 1.51. The zero-order chi connectivity index (χ0) is 12.2. The van der Waals surface area contributed by atoms with Crippen LogP contribution >= 0.6 is 11.3 Å². The second-order valence-corrected chi connectivity index (χ2v) is 6.44. The summed E-state index contributed by atoms with van der Waals surface area (Å²) in [6.45, 7) is 12.0. The molecule has 1 rings (SSSR count). The van der Waals surface area contributed by atoms with Crippen LogP contribution in [-0.4, -0.2) is 30.6 Å². The average molecular weight is 240 g/mol. The van der Waals surface area contributed by atoms with E-state index >= 15 is 0 Å². The Morgan fingerprint density at radius 1 is 1.38 bits per heavy atom. The summed E-state index contributed by atoms with van der Waals surface area (Å²) in [5.41, 5.74) is 1.64. The molecule has 0 bridgehead atoms. The molecule has 16 heavy (non-hydrogen) atoms. The molecule has 0 saturated heterocycles. The predicted octanol–water partition coefficient (Wildman–Crippen LogP) is 2.88. The van der Waals surface area contributed by atoms with E-state index in [0.29, 0.717) is 0 Å². The highest BCUT2D eigenvalue weighted by Crippen LogP contribution is 2.16. The molecule has 1 heterocycles. The van der Waals surface area contributed by atoms with Gasteiger partial charge in [0.05, 0.1) is 0 Å². The molecule has 0 aliphatic rings. The fraction of sp³-hybridized carbons (Fsp3) is 0.692. The van der Waals surface area contributed by atoms with Crippen molar-refractivity contribution in [3.8, 4) is 0 Å². The van der Waals surface area contributed by atoms with Gasteiger partial charge in [-0.25, -0.2) is 0 Å². The van der Waals surface area contributed by atoms with Gasteiger partial charge in [0.25, 0.3) is 0 Å². The van der Waals surface area contributed by atoms with Gasteiger partial charge in [0.15, 0.2) is 0 Å². The van der Waals surface area contributed by atoms with Gasteiger partial charge >= 0.3 is 0 Å². The highest BCUT2D eigenvalue weighted by Gasteiger charge is 2.09. The highest BCUT2D eigenvalue weighted by molar-refractivity contribution is 7.10. The van der Waals surface area contributed by atoms with Gasteiger partial charge in [-0.3, -0.25) is 0 Å². The maximum atomic E-state index is 3.51. The molecule has 0 aliphatic heterocycles. The first-order valence-corrected chi connectivity index (χ1v) is 6.73. The molecule has 0 fully saturated rings. The summed E-state index contributed by atoms with van der Waals surface area (Å²) in [5, 5.41) is 5.68. The number of hydrogen-bond donors (Lipinski definition) is 1. The first-order valence-electron chi connectivity index (χ1n) is 5.85. The molecule has 0 saturated carbocycles. The Morgan fingerprint density at radius 2 is 2.06 bits per heavy atom. The van der Waals surface area contributed by atoms with Crippen molar-refractivity contribution in [2.45, 2.75) is 39.8 Å². The van der Waals surface area contributed by atoms with Gasteiger partial charge < -0.3 is 10.2 Å². The topological polar surface area (TPSA) is 15.3 Å². The molecular formula is C13H24N2S. The van der Waals surface area contributed by atoms with Crippen LogP contribution in [0.2, 0.25) is 0 Å².